The molecule has 12 heteroatoms. The number of hydrogen-bond donors (Lipinski definition) is 4. The van der Waals surface area contributed by atoms with Crippen LogP contribution in [0.2, 0.25) is 0 Å². The zero-order chi connectivity index (χ0) is 17.1. The fourth-order valence-electron chi connectivity index (χ4n) is 2.68. The van der Waals surface area contributed by atoms with E-state index in [0.29, 0.717) is 29.9 Å². The first-order valence-corrected chi connectivity index (χ1v) is 7.33. The van der Waals surface area contributed by atoms with Crippen molar-refractivity contribution in [2.45, 2.75) is 24.8 Å². The molecule has 1 aliphatic heterocycles. The Hall–Kier alpha value is -2.66. The second-order valence-corrected chi connectivity index (χ2v) is 5.22. The SMILES string of the molecule is [N-]=[N+]=N[C@H]1C[C@H](n2cnc3c(NCCO)nc(N)nc32)O[C@@H]1CO. The molecule has 3 heterocycles. The third-order valence-electron chi connectivity index (χ3n) is 3.74. The van der Waals surface area contributed by atoms with Gasteiger partial charge in [-0.25, -0.2) is 4.98 Å². The number of aliphatic hydroxyl groups is 2. The maximum Gasteiger partial charge on any atom is 0.224 e. The predicted octanol–water partition coefficient (Wildman–Crippen LogP) is -0.229. The highest BCUT2D eigenvalue weighted by Gasteiger charge is 2.36. The van der Waals surface area contributed by atoms with Gasteiger partial charge in [-0.05, 0) is 5.53 Å². The van der Waals surface area contributed by atoms with Crippen LogP contribution in [0.1, 0.15) is 12.6 Å². The number of rotatable bonds is 6. The molecule has 0 aromatic carbocycles. The summed E-state index contributed by atoms with van der Waals surface area (Å²) in [6, 6.07) is -0.478. The molecule has 24 heavy (non-hydrogen) atoms. The van der Waals surface area contributed by atoms with Crippen molar-refractivity contribution in [1.29, 1.82) is 0 Å². The number of nitrogens with two attached hydrogens (primary N) is 1. The van der Waals surface area contributed by atoms with E-state index >= 15 is 0 Å². The second kappa shape index (κ2) is 6.84. The summed E-state index contributed by atoms with van der Waals surface area (Å²) >= 11 is 0. The van der Waals surface area contributed by atoms with E-state index in [2.05, 4.69) is 30.3 Å². The van der Waals surface area contributed by atoms with Crippen LogP contribution in [0, 0.1) is 0 Å². The molecule has 0 amide bonds. The van der Waals surface area contributed by atoms with Crippen LogP contribution in [0.15, 0.2) is 11.4 Å². The summed E-state index contributed by atoms with van der Waals surface area (Å²) in [6.45, 7) is -0.0268. The van der Waals surface area contributed by atoms with Gasteiger partial charge >= 0.3 is 0 Å². The average molecular weight is 335 g/mol. The van der Waals surface area contributed by atoms with E-state index in [1.54, 1.807) is 4.57 Å². The first kappa shape index (κ1) is 16.2. The number of ether oxygens (including phenoxy) is 1. The lowest BCUT2D eigenvalue weighted by atomic mass is 10.1. The van der Waals surface area contributed by atoms with Crippen LogP contribution < -0.4 is 11.1 Å². The van der Waals surface area contributed by atoms with Crippen molar-refractivity contribution < 1.29 is 14.9 Å². The van der Waals surface area contributed by atoms with Crippen LogP contribution in [0.25, 0.3) is 21.6 Å². The normalized spacial score (nSPS) is 23.3. The number of fused-ring (bicyclic) bond motifs is 1. The Kier molecular flexibility index (Phi) is 4.62. The number of aliphatic hydroxyl groups excluding tert-OH is 2. The third-order valence-corrected chi connectivity index (χ3v) is 3.74. The minimum absolute atomic E-state index is 0.0491. The van der Waals surface area contributed by atoms with Crippen LogP contribution in [-0.2, 0) is 4.74 Å². The summed E-state index contributed by atoms with van der Waals surface area (Å²) in [5.41, 5.74) is 15.3. The molecule has 0 unspecified atom stereocenters. The van der Waals surface area contributed by atoms with Crippen molar-refractivity contribution in [1.82, 2.24) is 19.5 Å². The van der Waals surface area contributed by atoms with Gasteiger partial charge in [-0.1, -0.05) is 5.11 Å². The molecule has 1 saturated heterocycles. The van der Waals surface area contributed by atoms with Crippen molar-refractivity contribution in [2.75, 3.05) is 30.8 Å². The Balaban J connectivity index is 1.96. The van der Waals surface area contributed by atoms with Gasteiger partial charge in [0.2, 0.25) is 5.95 Å². The van der Waals surface area contributed by atoms with E-state index in [1.807, 2.05) is 0 Å². The van der Waals surface area contributed by atoms with Crippen molar-refractivity contribution in [3.05, 3.63) is 16.8 Å². The Morgan fingerprint density at radius 1 is 1.50 bits per heavy atom. The Morgan fingerprint density at radius 2 is 2.33 bits per heavy atom. The highest BCUT2D eigenvalue weighted by atomic mass is 16.5. The molecule has 0 bridgehead atoms. The quantitative estimate of drug-likeness (QED) is 0.317. The minimum atomic E-state index is -0.588. The highest BCUT2D eigenvalue weighted by molar-refractivity contribution is 5.84. The standard InChI is InChI=1S/C12H17N9O3/c13-12-17-10(15-1-2-22)9-11(18-12)21(5-16-9)8-3-6(19-20-14)7(4-23)24-8/h5-8,22-23H,1-4H2,(H3,13,15,17,18)/t6-,7+,8+/m0/s1. The van der Waals surface area contributed by atoms with E-state index in [-0.39, 0.29) is 19.2 Å². The van der Waals surface area contributed by atoms with Gasteiger partial charge in [0, 0.05) is 17.9 Å². The number of nitrogens with zero attached hydrogens (tertiary/aromatic N) is 7. The van der Waals surface area contributed by atoms with Crippen LogP contribution >= 0.6 is 0 Å². The Bertz CT molecular complexity index is 772. The summed E-state index contributed by atoms with van der Waals surface area (Å²) < 4.78 is 7.40. The van der Waals surface area contributed by atoms with E-state index in [4.69, 9.17) is 21.1 Å². The monoisotopic (exact) mass is 335 g/mol. The summed E-state index contributed by atoms with van der Waals surface area (Å²) in [7, 11) is 0. The molecule has 5 N–H and O–H groups in total. The van der Waals surface area contributed by atoms with Crippen molar-refractivity contribution in [3.8, 4) is 0 Å². The van der Waals surface area contributed by atoms with Crippen LogP contribution in [-0.4, -0.2) is 61.6 Å². The van der Waals surface area contributed by atoms with E-state index in [9.17, 15) is 5.11 Å². The van der Waals surface area contributed by atoms with E-state index in [1.165, 1.54) is 6.33 Å². The summed E-state index contributed by atoms with van der Waals surface area (Å²) in [5, 5.41) is 24.9. The largest absolute Gasteiger partial charge is 0.395 e. The lowest BCUT2D eigenvalue weighted by Crippen LogP contribution is -2.22. The summed E-state index contributed by atoms with van der Waals surface area (Å²) in [5.74, 6) is 0.460. The molecule has 2 aromatic rings. The fraction of sp³-hybridized carbons (Fsp3) is 0.583. The lowest BCUT2D eigenvalue weighted by Gasteiger charge is -2.14. The Morgan fingerprint density at radius 3 is 3.04 bits per heavy atom. The number of imidazole rings is 1. The third kappa shape index (κ3) is 2.90. The number of nitrogens with one attached hydrogen (secondary N) is 1. The van der Waals surface area contributed by atoms with Gasteiger partial charge in [0.1, 0.15) is 6.23 Å². The first-order chi connectivity index (χ1) is 11.7. The van der Waals surface area contributed by atoms with Crippen LogP contribution in [0.4, 0.5) is 11.8 Å². The molecule has 12 nitrogen and oxygen atoms in total. The topological polar surface area (TPSA) is 180 Å². The summed E-state index contributed by atoms with van der Waals surface area (Å²) in [6.07, 6.45) is 0.821. The molecule has 0 saturated carbocycles. The molecular weight excluding hydrogens is 318 g/mol. The minimum Gasteiger partial charge on any atom is -0.395 e. The highest BCUT2D eigenvalue weighted by Crippen LogP contribution is 2.33. The van der Waals surface area contributed by atoms with E-state index < -0.39 is 18.4 Å². The van der Waals surface area contributed by atoms with Crippen LogP contribution in [0.5, 0.6) is 0 Å². The zero-order valence-corrected chi connectivity index (χ0v) is 12.6. The number of azide groups is 1. The van der Waals surface area contributed by atoms with Gasteiger partial charge < -0.3 is 26.0 Å². The lowest BCUT2D eigenvalue weighted by molar-refractivity contribution is -0.0232. The summed E-state index contributed by atoms with van der Waals surface area (Å²) in [4.78, 5) is 15.3. The molecule has 0 spiro atoms. The number of nitrogen functional groups attached to an aromatic ring is 1. The van der Waals surface area contributed by atoms with Gasteiger partial charge in [0.05, 0.1) is 31.7 Å². The van der Waals surface area contributed by atoms with Crippen LogP contribution in [0.3, 0.4) is 0 Å². The molecule has 0 aliphatic carbocycles. The van der Waals surface area contributed by atoms with Crippen molar-refractivity contribution in [2.24, 2.45) is 5.11 Å². The number of hydrogen-bond acceptors (Lipinski definition) is 9. The fourth-order valence-corrected chi connectivity index (χ4v) is 2.68. The molecule has 3 rings (SSSR count). The van der Waals surface area contributed by atoms with Gasteiger partial charge in [-0.3, -0.25) is 4.57 Å². The maximum atomic E-state index is 9.36. The van der Waals surface area contributed by atoms with E-state index in [0.717, 1.165) is 0 Å². The van der Waals surface area contributed by atoms with Crippen molar-refractivity contribution in [3.63, 3.8) is 0 Å². The molecule has 2 aromatic heterocycles. The molecule has 128 valence electrons. The predicted molar refractivity (Wildman–Crippen MR) is 83.9 cm³/mol. The average Bonchev–Trinajstić information content (AvgIpc) is 3.16. The van der Waals surface area contributed by atoms with Gasteiger partial charge in [-0.15, -0.1) is 0 Å². The molecule has 3 atom stereocenters. The molecule has 1 aliphatic rings. The zero-order valence-electron chi connectivity index (χ0n) is 12.6. The number of aromatic nitrogens is 4. The van der Waals surface area contributed by atoms with Gasteiger partial charge in [0.15, 0.2) is 17.0 Å². The molecule has 0 radical (unpaired) electrons. The van der Waals surface area contributed by atoms with Crippen molar-refractivity contribution >= 4 is 22.9 Å². The molecular formula is C12H17N9O3. The van der Waals surface area contributed by atoms with Gasteiger partial charge in [0.25, 0.3) is 0 Å². The number of anilines is 2. The first-order valence-electron chi connectivity index (χ1n) is 7.33. The smallest absolute Gasteiger partial charge is 0.224 e. The Labute approximate surface area is 135 Å². The maximum absolute atomic E-state index is 9.36. The van der Waals surface area contributed by atoms with Gasteiger partial charge in [-0.2, -0.15) is 9.97 Å². The second-order valence-electron chi connectivity index (χ2n) is 5.22. The molecule has 1 fully saturated rings.